The number of anilines is 3. The SMILES string of the molecule is Nc1ncnc(Nc2ccc(I)cc2Cl)c1[N+](=O)[O-]. The fourth-order valence-electron chi connectivity index (χ4n) is 1.38. The van der Waals surface area contributed by atoms with E-state index >= 15 is 0 Å². The molecule has 0 aliphatic heterocycles. The molecule has 0 saturated carbocycles. The number of nitrogens with zero attached hydrogens (tertiary/aromatic N) is 3. The molecule has 0 aliphatic rings. The van der Waals surface area contributed by atoms with Gasteiger partial charge in [0.25, 0.3) is 0 Å². The number of hydrogen-bond donors (Lipinski definition) is 2. The van der Waals surface area contributed by atoms with Crippen molar-refractivity contribution in [1.82, 2.24) is 9.97 Å². The normalized spacial score (nSPS) is 10.2. The maximum absolute atomic E-state index is 10.9. The zero-order valence-corrected chi connectivity index (χ0v) is 12.2. The maximum Gasteiger partial charge on any atom is 0.353 e. The molecule has 0 spiro atoms. The third-order valence-electron chi connectivity index (χ3n) is 2.22. The monoisotopic (exact) mass is 391 g/mol. The number of rotatable bonds is 3. The molecule has 0 radical (unpaired) electrons. The Morgan fingerprint density at radius 3 is 2.79 bits per heavy atom. The van der Waals surface area contributed by atoms with Crippen LogP contribution in [0.5, 0.6) is 0 Å². The van der Waals surface area contributed by atoms with E-state index in [4.69, 9.17) is 17.3 Å². The molecule has 9 heteroatoms. The largest absolute Gasteiger partial charge is 0.378 e. The van der Waals surface area contributed by atoms with Crippen LogP contribution in [0.15, 0.2) is 24.5 Å². The summed E-state index contributed by atoms with van der Waals surface area (Å²) in [6, 6.07) is 5.23. The molecule has 0 amide bonds. The van der Waals surface area contributed by atoms with E-state index in [2.05, 4.69) is 37.9 Å². The molecule has 19 heavy (non-hydrogen) atoms. The molecule has 2 aromatic rings. The second-order valence-corrected chi connectivity index (χ2v) is 5.12. The van der Waals surface area contributed by atoms with Gasteiger partial charge in [0, 0.05) is 3.57 Å². The number of aromatic nitrogens is 2. The van der Waals surface area contributed by atoms with Gasteiger partial charge in [-0.2, -0.15) is 0 Å². The van der Waals surface area contributed by atoms with Crippen molar-refractivity contribution >= 4 is 57.2 Å². The molecule has 0 saturated heterocycles. The summed E-state index contributed by atoms with van der Waals surface area (Å²) in [7, 11) is 0. The van der Waals surface area contributed by atoms with Gasteiger partial charge in [0.05, 0.1) is 15.6 Å². The van der Waals surface area contributed by atoms with E-state index in [1.165, 1.54) is 0 Å². The Labute approximate surface area is 126 Å². The lowest BCUT2D eigenvalue weighted by Crippen LogP contribution is -2.05. The van der Waals surface area contributed by atoms with Crippen LogP contribution in [0.2, 0.25) is 5.02 Å². The van der Waals surface area contributed by atoms with Gasteiger partial charge in [0.2, 0.25) is 11.6 Å². The highest BCUT2D eigenvalue weighted by molar-refractivity contribution is 14.1. The Morgan fingerprint density at radius 1 is 1.42 bits per heavy atom. The van der Waals surface area contributed by atoms with Crippen LogP contribution in [0, 0.1) is 13.7 Å². The van der Waals surface area contributed by atoms with Crippen LogP contribution < -0.4 is 11.1 Å². The van der Waals surface area contributed by atoms with Crippen LogP contribution >= 0.6 is 34.2 Å². The van der Waals surface area contributed by atoms with Crippen LogP contribution in [0.25, 0.3) is 0 Å². The highest BCUT2D eigenvalue weighted by Gasteiger charge is 2.21. The van der Waals surface area contributed by atoms with E-state index in [9.17, 15) is 10.1 Å². The molecule has 3 N–H and O–H groups in total. The molecule has 0 atom stereocenters. The highest BCUT2D eigenvalue weighted by Crippen LogP contribution is 2.32. The van der Waals surface area contributed by atoms with Crippen LogP contribution in [-0.2, 0) is 0 Å². The number of nitro groups is 1. The van der Waals surface area contributed by atoms with E-state index in [0.717, 1.165) is 9.90 Å². The first-order valence-electron chi connectivity index (χ1n) is 4.96. The lowest BCUT2D eigenvalue weighted by atomic mass is 10.3. The number of halogens is 2. The molecular weight excluding hydrogens is 385 g/mol. The van der Waals surface area contributed by atoms with Gasteiger partial charge in [0.1, 0.15) is 6.33 Å². The van der Waals surface area contributed by atoms with E-state index in [1.807, 2.05) is 6.07 Å². The number of nitrogen functional groups attached to an aromatic ring is 1. The summed E-state index contributed by atoms with van der Waals surface area (Å²) >= 11 is 8.15. The summed E-state index contributed by atoms with van der Waals surface area (Å²) in [4.78, 5) is 17.7. The van der Waals surface area contributed by atoms with Gasteiger partial charge in [0.15, 0.2) is 0 Å². The van der Waals surface area contributed by atoms with E-state index in [-0.39, 0.29) is 17.3 Å². The third-order valence-corrected chi connectivity index (χ3v) is 3.20. The predicted molar refractivity (Wildman–Crippen MR) is 80.6 cm³/mol. The number of nitrogens with two attached hydrogens (primary N) is 1. The fourth-order valence-corrected chi connectivity index (χ4v) is 2.29. The Morgan fingerprint density at radius 2 is 2.16 bits per heavy atom. The predicted octanol–water partition coefficient (Wildman–Crippen LogP) is 2.97. The summed E-state index contributed by atoms with van der Waals surface area (Å²) in [6.45, 7) is 0. The lowest BCUT2D eigenvalue weighted by Gasteiger charge is -2.08. The third kappa shape index (κ3) is 3.01. The van der Waals surface area contributed by atoms with Gasteiger partial charge >= 0.3 is 5.69 Å². The van der Waals surface area contributed by atoms with Crippen LogP contribution in [0.1, 0.15) is 0 Å². The van der Waals surface area contributed by atoms with Gasteiger partial charge in [-0.3, -0.25) is 10.1 Å². The molecule has 98 valence electrons. The average Bonchev–Trinajstić information content (AvgIpc) is 2.32. The Kier molecular flexibility index (Phi) is 4.00. The maximum atomic E-state index is 10.9. The zero-order valence-electron chi connectivity index (χ0n) is 9.30. The van der Waals surface area contributed by atoms with Crippen LogP contribution in [0.4, 0.5) is 23.0 Å². The molecule has 1 aromatic heterocycles. The molecule has 1 heterocycles. The highest BCUT2D eigenvalue weighted by atomic mass is 127. The van der Waals surface area contributed by atoms with Gasteiger partial charge in [-0.05, 0) is 40.8 Å². The van der Waals surface area contributed by atoms with Crippen LogP contribution in [0.3, 0.4) is 0 Å². The van der Waals surface area contributed by atoms with Crippen molar-refractivity contribution < 1.29 is 4.92 Å². The summed E-state index contributed by atoms with van der Waals surface area (Å²) < 4.78 is 0.949. The molecule has 7 nitrogen and oxygen atoms in total. The van der Waals surface area contributed by atoms with Crippen molar-refractivity contribution in [2.24, 2.45) is 0 Å². The second-order valence-electron chi connectivity index (χ2n) is 3.46. The first kappa shape index (κ1) is 13.7. The minimum atomic E-state index is -0.641. The van der Waals surface area contributed by atoms with Crippen molar-refractivity contribution in [3.63, 3.8) is 0 Å². The molecule has 1 aromatic carbocycles. The van der Waals surface area contributed by atoms with Crippen molar-refractivity contribution in [1.29, 1.82) is 0 Å². The number of hydrogen-bond acceptors (Lipinski definition) is 6. The fraction of sp³-hybridized carbons (Fsp3) is 0. The van der Waals surface area contributed by atoms with Gasteiger partial charge < -0.3 is 11.1 Å². The van der Waals surface area contributed by atoms with Crippen molar-refractivity contribution in [2.45, 2.75) is 0 Å². The first-order chi connectivity index (χ1) is 8.99. The molecule has 2 rings (SSSR count). The smallest absolute Gasteiger partial charge is 0.353 e. The minimum Gasteiger partial charge on any atom is -0.378 e. The molecule has 0 unspecified atom stereocenters. The van der Waals surface area contributed by atoms with Crippen molar-refractivity contribution in [3.05, 3.63) is 43.2 Å². The summed E-state index contributed by atoms with van der Waals surface area (Å²) in [5.74, 6) is -0.204. The number of nitrogens with one attached hydrogen (secondary N) is 1. The van der Waals surface area contributed by atoms with E-state index in [0.29, 0.717) is 10.7 Å². The standard InChI is InChI=1S/C10H7ClIN5O2/c11-6-3-5(12)1-2-7(6)16-10-8(17(18)19)9(13)14-4-15-10/h1-4H,(H3,13,14,15,16). The second kappa shape index (κ2) is 5.53. The lowest BCUT2D eigenvalue weighted by molar-refractivity contribution is -0.383. The summed E-state index contributed by atoms with van der Waals surface area (Å²) in [5, 5.41) is 14.2. The summed E-state index contributed by atoms with van der Waals surface area (Å²) in [6.07, 6.45) is 1.14. The minimum absolute atomic E-state index is 0.000563. The van der Waals surface area contributed by atoms with Gasteiger partial charge in [-0.15, -0.1) is 0 Å². The topological polar surface area (TPSA) is 107 Å². The van der Waals surface area contributed by atoms with E-state index < -0.39 is 4.92 Å². The van der Waals surface area contributed by atoms with Crippen molar-refractivity contribution in [3.8, 4) is 0 Å². The quantitative estimate of drug-likeness (QED) is 0.473. The first-order valence-corrected chi connectivity index (χ1v) is 6.41. The van der Waals surface area contributed by atoms with Crippen molar-refractivity contribution in [2.75, 3.05) is 11.1 Å². The summed E-state index contributed by atoms with van der Waals surface area (Å²) in [5.41, 5.74) is 5.60. The molecule has 0 aliphatic carbocycles. The Hall–Kier alpha value is -1.68. The average molecular weight is 392 g/mol. The molecular formula is C10H7ClIN5O2. The Bertz CT molecular complexity index is 652. The van der Waals surface area contributed by atoms with Crippen LogP contribution in [-0.4, -0.2) is 14.9 Å². The molecule has 0 fully saturated rings. The number of benzene rings is 1. The van der Waals surface area contributed by atoms with Gasteiger partial charge in [-0.25, -0.2) is 9.97 Å². The molecule has 0 bridgehead atoms. The Balaban J connectivity index is 2.44. The van der Waals surface area contributed by atoms with Gasteiger partial charge in [-0.1, -0.05) is 11.6 Å². The van der Waals surface area contributed by atoms with E-state index in [1.54, 1.807) is 12.1 Å². The zero-order chi connectivity index (χ0) is 14.0.